The molecule has 0 saturated carbocycles. The lowest BCUT2D eigenvalue weighted by atomic mass is 10.5. The second kappa shape index (κ2) is 4.10. The van der Waals surface area contributed by atoms with Crippen LogP contribution in [-0.2, 0) is 16.1 Å². The molecule has 12 heavy (non-hydrogen) atoms. The Bertz CT molecular complexity index is 341. The SMILES string of the molecule is [2H]C(=[N+]=[N-])C(=O)OCc1ccco1. The molecule has 1 aromatic heterocycles. The molecule has 0 radical (unpaired) electrons. The summed E-state index contributed by atoms with van der Waals surface area (Å²) >= 11 is 0. The third kappa shape index (κ3) is 2.40. The van der Waals surface area contributed by atoms with Crippen molar-refractivity contribution >= 4 is 12.2 Å². The van der Waals surface area contributed by atoms with Crippen molar-refractivity contribution < 1.29 is 20.1 Å². The fourth-order valence-electron chi connectivity index (χ4n) is 0.604. The molecule has 0 fully saturated rings. The van der Waals surface area contributed by atoms with E-state index in [1.54, 1.807) is 12.1 Å². The number of furan rings is 1. The number of rotatable bonds is 3. The minimum absolute atomic E-state index is 0.0796. The van der Waals surface area contributed by atoms with Crippen molar-refractivity contribution in [3.8, 4) is 0 Å². The molecule has 0 bridgehead atoms. The Balaban J connectivity index is 2.44. The molecule has 62 valence electrons. The molecule has 5 heteroatoms. The summed E-state index contributed by atoms with van der Waals surface area (Å²) in [4.78, 5) is 13.1. The number of carbonyl (C=O) groups is 1. The highest BCUT2D eigenvalue weighted by Gasteiger charge is 2.04. The zero-order valence-electron chi connectivity index (χ0n) is 7.06. The summed E-state index contributed by atoms with van der Waals surface area (Å²) in [6.07, 6.45) is 0.594. The molecule has 1 aromatic rings. The van der Waals surface area contributed by atoms with E-state index < -0.39 is 12.2 Å². The first-order valence-electron chi connectivity index (χ1n) is 3.62. The van der Waals surface area contributed by atoms with Gasteiger partial charge in [0, 0.05) is 0 Å². The van der Waals surface area contributed by atoms with Gasteiger partial charge in [0.2, 0.25) is 0 Å². The summed E-state index contributed by atoms with van der Waals surface area (Å²) in [6, 6.07) is 3.26. The van der Waals surface area contributed by atoms with Gasteiger partial charge in [-0.15, -0.1) is 0 Å². The minimum Gasteiger partial charge on any atom is -0.466 e. The topological polar surface area (TPSA) is 75.8 Å². The number of nitrogens with zero attached hydrogens (tertiary/aromatic N) is 2. The zero-order chi connectivity index (χ0) is 9.68. The maximum atomic E-state index is 10.7. The zero-order valence-corrected chi connectivity index (χ0v) is 6.06. The predicted octanol–water partition coefficient (Wildman–Crippen LogP) is 0.623. The van der Waals surface area contributed by atoms with Crippen LogP contribution in [0.3, 0.4) is 0 Å². The van der Waals surface area contributed by atoms with Crippen molar-refractivity contribution in [3.05, 3.63) is 29.7 Å². The van der Waals surface area contributed by atoms with Gasteiger partial charge in [0.1, 0.15) is 12.4 Å². The fourth-order valence-corrected chi connectivity index (χ4v) is 0.604. The summed E-state index contributed by atoms with van der Waals surface area (Å²) in [6.45, 7) is -0.0796. The van der Waals surface area contributed by atoms with E-state index in [0.717, 1.165) is 0 Å². The smallest absolute Gasteiger partial charge is 0.414 e. The molecule has 1 rings (SSSR count). The van der Waals surface area contributed by atoms with Crippen molar-refractivity contribution in [2.45, 2.75) is 6.61 Å². The maximum Gasteiger partial charge on any atom is 0.414 e. The Morgan fingerprint density at radius 3 is 3.42 bits per heavy atom. The van der Waals surface area contributed by atoms with Crippen molar-refractivity contribution in [1.29, 1.82) is 0 Å². The van der Waals surface area contributed by atoms with Gasteiger partial charge in [-0.2, -0.15) is 4.79 Å². The van der Waals surface area contributed by atoms with Crippen LogP contribution in [0.4, 0.5) is 0 Å². The van der Waals surface area contributed by atoms with Crippen molar-refractivity contribution in [2.24, 2.45) is 0 Å². The highest BCUT2D eigenvalue weighted by atomic mass is 16.5. The van der Waals surface area contributed by atoms with Gasteiger partial charge in [-0.1, -0.05) is 0 Å². The molecular formula is C7H6N2O3. The molecule has 0 aromatic carbocycles. The van der Waals surface area contributed by atoms with Crippen molar-refractivity contribution in [1.82, 2.24) is 0 Å². The average molecular weight is 167 g/mol. The standard InChI is InChI=1S/C7H6N2O3/c8-9-4-7(10)12-5-6-2-1-3-11-6/h1-4H,5H2/i4D. The Morgan fingerprint density at radius 1 is 2.00 bits per heavy atom. The van der Waals surface area contributed by atoms with E-state index in [4.69, 9.17) is 11.3 Å². The second-order valence-corrected chi connectivity index (χ2v) is 1.87. The van der Waals surface area contributed by atoms with Gasteiger partial charge in [0.25, 0.3) is 0 Å². The summed E-state index contributed by atoms with van der Waals surface area (Å²) in [5, 5.41) is 0. The number of hydrogen-bond donors (Lipinski definition) is 0. The molecule has 0 saturated heterocycles. The van der Waals surface area contributed by atoms with E-state index in [1.807, 2.05) is 0 Å². The molecular weight excluding hydrogens is 160 g/mol. The van der Waals surface area contributed by atoms with Gasteiger partial charge in [-0.05, 0) is 12.1 Å². The Labute approximate surface area is 69.6 Å². The average Bonchev–Trinajstić information content (AvgIpc) is 2.65. The lowest BCUT2D eigenvalue weighted by Crippen LogP contribution is -2.05. The van der Waals surface area contributed by atoms with E-state index in [2.05, 4.69) is 9.53 Å². The molecule has 0 aliphatic heterocycles. The van der Waals surface area contributed by atoms with Crippen molar-refractivity contribution in [3.63, 3.8) is 0 Å². The number of carbonyl (C=O) groups excluding carboxylic acids is 1. The van der Waals surface area contributed by atoms with E-state index >= 15 is 0 Å². The first-order chi connectivity index (χ1) is 6.24. The van der Waals surface area contributed by atoms with E-state index in [9.17, 15) is 4.79 Å². The lowest BCUT2D eigenvalue weighted by molar-refractivity contribution is -0.140. The van der Waals surface area contributed by atoms with Gasteiger partial charge in [0.05, 0.1) is 6.26 Å². The molecule has 0 spiro atoms. The Morgan fingerprint density at radius 2 is 2.83 bits per heavy atom. The quantitative estimate of drug-likeness (QED) is 0.286. The largest absolute Gasteiger partial charge is 0.466 e. The van der Waals surface area contributed by atoms with Gasteiger partial charge in [-0.3, -0.25) is 0 Å². The van der Waals surface area contributed by atoms with Crippen LogP contribution < -0.4 is 0 Å². The number of esters is 1. The summed E-state index contributed by atoms with van der Waals surface area (Å²) in [5.41, 5.74) is 8.04. The molecule has 5 nitrogen and oxygen atoms in total. The molecule has 0 atom stereocenters. The van der Waals surface area contributed by atoms with Gasteiger partial charge >= 0.3 is 12.2 Å². The lowest BCUT2D eigenvalue weighted by Gasteiger charge is -1.93. The Hall–Kier alpha value is -1.87. The maximum absolute atomic E-state index is 10.7. The second-order valence-electron chi connectivity index (χ2n) is 1.87. The van der Waals surface area contributed by atoms with Gasteiger partial charge in [-0.25, -0.2) is 4.79 Å². The van der Waals surface area contributed by atoms with Crippen LogP contribution in [0.25, 0.3) is 5.53 Å². The molecule has 0 unspecified atom stereocenters. The highest BCUT2D eigenvalue weighted by molar-refractivity contribution is 6.20. The van der Waals surface area contributed by atoms with E-state index in [-0.39, 0.29) is 6.61 Å². The van der Waals surface area contributed by atoms with Crippen LogP contribution in [0.5, 0.6) is 0 Å². The van der Waals surface area contributed by atoms with Crippen LogP contribution >= 0.6 is 0 Å². The first-order valence-corrected chi connectivity index (χ1v) is 3.12. The number of hydrogen-bond acceptors (Lipinski definition) is 3. The summed E-state index contributed by atoms with van der Waals surface area (Å²) in [5.74, 6) is -0.544. The monoisotopic (exact) mass is 167 g/mol. The van der Waals surface area contributed by atoms with Crippen LogP contribution in [0.2, 0.25) is 0 Å². The first kappa shape index (κ1) is 6.82. The van der Waals surface area contributed by atoms with Crippen LogP contribution in [-0.4, -0.2) is 16.9 Å². The van der Waals surface area contributed by atoms with Gasteiger partial charge in [0.15, 0.2) is 1.37 Å². The van der Waals surface area contributed by atoms with Crippen molar-refractivity contribution in [2.75, 3.05) is 0 Å². The molecule has 1 heterocycles. The van der Waals surface area contributed by atoms with Crippen LogP contribution in [0, 0.1) is 0 Å². The summed E-state index contributed by atoms with van der Waals surface area (Å²) in [7, 11) is 0. The molecule has 0 N–H and O–H groups in total. The van der Waals surface area contributed by atoms with Gasteiger partial charge < -0.3 is 14.7 Å². The fraction of sp³-hybridized carbons (Fsp3) is 0.143. The normalized spacial score (nSPS) is 9.83. The molecule has 0 amide bonds. The summed E-state index contributed by atoms with van der Waals surface area (Å²) < 4.78 is 16.1. The third-order valence-corrected chi connectivity index (χ3v) is 1.07. The van der Waals surface area contributed by atoms with E-state index in [1.165, 1.54) is 6.26 Å². The van der Waals surface area contributed by atoms with E-state index in [0.29, 0.717) is 5.76 Å². The number of ether oxygens (including phenoxy) is 1. The highest BCUT2D eigenvalue weighted by Crippen LogP contribution is 2.00. The Kier molecular flexibility index (Phi) is 2.33. The molecule has 0 aliphatic rings. The van der Waals surface area contributed by atoms with Crippen LogP contribution in [0.1, 0.15) is 7.13 Å². The molecule has 0 aliphatic carbocycles. The van der Waals surface area contributed by atoms with Crippen LogP contribution in [0.15, 0.2) is 22.8 Å². The third-order valence-electron chi connectivity index (χ3n) is 1.07. The predicted molar refractivity (Wildman–Crippen MR) is 38.2 cm³/mol. The minimum atomic E-state index is -1.00.